The van der Waals surface area contributed by atoms with Crippen LogP contribution in [0, 0.1) is 0 Å². The molecule has 4 rings (SSSR count). The number of allylic oxidation sites excluding steroid dienone is 6. The SMILES string of the molecule is C/C(=C/C(OB(F)F)=C(\C(=O)O)C(=O)/C=C/C=C1/N(C)c2ccccc2C1(C)C)N1CCCC1.C1CCNC1. The Hall–Kier alpha value is -3.40. The molecule has 2 fully saturated rings. The molecule has 2 saturated heterocycles. The van der Waals surface area contributed by atoms with Gasteiger partial charge < -0.3 is 24.9 Å². The number of nitrogens with one attached hydrogen (secondary N) is 1. The van der Waals surface area contributed by atoms with Gasteiger partial charge in [0.1, 0.15) is 11.3 Å². The number of likely N-dealkylation sites (N-methyl/N-ethyl adjacent to an activating group) is 1. The van der Waals surface area contributed by atoms with Crippen molar-refractivity contribution in [1.29, 1.82) is 0 Å². The maximum Gasteiger partial charge on any atom is 0.796 e. The Morgan fingerprint density at radius 2 is 1.74 bits per heavy atom. The first-order valence-corrected chi connectivity index (χ1v) is 13.4. The van der Waals surface area contributed by atoms with Crippen molar-refractivity contribution in [2.75, 3.05) is 38.1 Å². The summed E-state index contributed by atoms with van der Waals surface area (Å²) in [7, 11) is -1.35. The fourth-order valence-corrected chi connectivity index (χ4v) is 5.18. The lowest BCUT2D eigenvalue weighted by Crippen LogP contribution is -2.22. The van der Waals surface area contributed by atoms with Gasteiger partial charge in [-0.05, 0) is 75.6 Å². The van der Waals surface area contributed by atoms with E-state index in [1.807, 2.05) is 41.1 Å². The number of ketones is 1. The molecule has 0 unspecified atom stereocenters. The van der Waals surface area contributed by atoms with Gasteiger partial charge in [-0.2, -0.15) is 0 Å². The summed E-state index contributed by atoms with van der Waals surface area (Å²) < 4.78 is 30.6. The number of hydrogen-bond donors (Lipinski definition) is 2. The number of anilines is 1. The van der Waals surface area contributed by atoms with Crippen molar-refractivity contribution in [3.05, 3.63) is 76.9 Å². The van der Waals surface area contributed by atoms with Gasteiger partial charge in [-0.3, -0.25) is 4.79 Å². The molecule has 10 heteroatoms. The average molecular weight is 541 g/mol. The summed E-state index contributed by atoms with van der Waals surface area (Å²) >= 11 is 0. The van der Waals surface area contributed by atoms with Crippen LogP contribution in [0.2, 0.25) is 0 Å². The Kier molecular flexibility index (Phi) is 10.5. The lowest BCUT2D eigenvalue weighted by atomic mass is 9.84. The third-order valence-corrected chi connectivity index (χ3v) is 7.27. The standard InChI is InChI=1S/C25H29BF2N2O4.C4H9N/c1-17(30-14-7-8-15-30)16-21(34-26(27)28)23(24(32)33)20(31)12-9-13-22-25(2,3)18-10-5-6-11-19(18)29(22)4;1-2-4-5-3-1/h5-6,9-13,16H,7-8,14-15H2,1-4H3,(H,32,33);5H,1-4H2/b12-9+,17-16-,22-13+,23-21+;. The van der Waals surface area contributed by atoms with E-state index >= 15 is 0 Å². The molecule has 0 aromatic heterocycles. The first-order valence-electron chi connectivity index (χ1n) is 13.4. The van der Waals surface area contributed by atoms with E-state index in [0.29, 0.717) is 5.70 Å². The molecule has 0 atom stereocenters. The number of carboxylic acid groups (broad SMARTS) is 1. The number of rotatable bonds is 8. The second kappa shape index (κ2) is 13.6. The van der Waals surface area contributed by atoms with Gasteiger partial charge in [-0.1, -0.05) is 38.1 Å². The van der Waals surface area contributed by atoms with Crippen molar-refractivity contribution in [3.8, 4) is 0 Å². The second-order valence-electron chi connectivity index (χ2n) is 10.3. The average Bonchev–Trinajstić information content (AvgIpc) is 3.65. The van der Waals surface area contributed by atoms with E-state index in [1.165, 1.54) is 38.1 Å². The number of likely N-dealkylation sites (tertiary alicyclic amines) is 1. The number of aliphatic carboxylic acids is 1. The van der Waals surface area contributed by atoms with Crippen LogP contribution in [-0.2, 0) is 19.7 Å². The fourth-order valence-electron chi connectivity index (χ4n) is 5.18. The molecule has 210 valence electrons. The number of carbonyl (C=O) groups is 2. The highest BCUT2D eigenvalue weighted by Crippen LogP contribution is 2.46. The topological polar surface area (TPSA) is 82.1 Å². The van der Waals surface area contributed by atoms with E-state index in [9.17, 15) is 23.3 Å². The van der Waals surface area contributed by atoms with Gasteiger partial charge in [0.05, 0.1) is 0 Å². The molecular weight excluding hydrogens is 503 g/mol. The maximum absolute atomic E-state index is 13.1. The van der Waals surface area contributed by atoms with Crippen molar-refractivity contribution in [3.63, 3.8) is 0 Å². The summed E-state index contributed by atoms with van der Waals surface area (Å²) in [6.45, 7) is 9.76. The van der Waals surface area contributed by atoms with Crippen LogP contribution in [0.5, 0.6) is 0 Å². The van der Waals surface area contributed by atoms with Crippen molar-refractivity contribution < 1.29 is 28.0 Å². The largest absolute Gasteiger partial charge is 0.796 e. The molecular formula is C29H38BF2N3O4. The number of halogens is 2. The monoisotopic (exact) mass is 541 g/mol. The zero-order valence-electron chi connectivity index (χ0n) is 23.2. The van der Waals surface area contributed by atoms with E-state index in [0.717, 1.165) is 49.0 Å². The van der Waals surface area contributed by atoms with E-state index in [4.69, 9.17) is 0 Å². The third kappa shape index (κ3) is 7.59. The number of fused-ring (bicyclic) bond motifs is 1. The number of carbonyl (C=O) groups excluding carboxylic acids is 1. The molecule has 39 heavy (non-hydrogen) atoms. The molecule has 0 bridgehead atoms. The van der Waals surface area contributed by atoms with E-state index in [-0.39, 0.29) is 5.41 Å². The summed E-state index contributed by atoms with van der Waals surface area (Å²) in [5.74, 6) is -3.21. The Labute approximate surface area is 230 Å². The number of para-hydroxylation sites is 1. The third-order valence-electron chi connectivity index (χ3n) is 7.27. The highest BCUT2D eigenvalue weighted by molar-refractivity contribution is 6.35. The Morgan fingerprint density at radius 3 is 2.28 bits per heavy atom. The molecule has 7 nitrogen and oxygen atoms in total. The van der Waals surface area contributed by atoms with Gasteiger partial charge in [0.2, 0.25) is 0 Å². The second-order valence-corrected chi connectivity index (χ2v) is 10.3. The van der Waals surface area contributed by atoms with E-state index in [1.54, 1.807) is 13.0 Å². The highest BCUT2D eigenvalue weighted by Gasteiger charge is 2.37. The number of benzene rings is 1. The van der Waals surface area contributed by atoms with Gasteiger partial charge >= 0.3 is 13.4 Å². The van der Waals surface area contributed by atoms with Crippen LogP contribution < -0.4 is 10.2 Å². The Morgan fingerprint density at radius 1 is 1.10 bits per heavy atom. The fraction of sp³-hybridized carbons (Fsp3) is 0.448. The Bertz CT molecular complexity index is 1160. The summed E-state index contributed by atoms with van der Waals surface area (Å²) in [6, 6.07) is 7.94. The molecule has 0 saturated carbocycles. The minimum atomic E-state index is -3.27. The van der Waals surface area contributed by atoms with Crippen LogP contribution in [0.15, 0.2) is 71.3 Å². The molecule has 0 amide bonds. The Balaban J connectivity index is 0.000000753. The predicted molar refractivity (Wildman–Crippen MR) is 150 cm³/mol. The minimum Gasteiger partial charge on any atom is -0.504 e. The molecule has 3 aliphatic heterocycles. The van der Waals surface area contributed by atoms with Crippen LogP contribution in [0.4, 0.5) is 14.3 Å². The normalized spacial score (nSPS) is 20.1. The molecule has 0 spiro atoms. The number of hydrogen-bond acceptors (Lipinski definition) is 6. The summed E-state index contributed by atoms with van der Waals surface area (Å²) in [4.78, 5) is 28.6. The summed E-state index contributed by atoms with van der Waals surface area (Å²) in [5, 5.41) is 12.9. The number of nitrogens with zero attached hydrogens (tertiary/aromatic N) is 2. The zero-order valence-corrected chi connectivity index (χ0v) is 23.2. The molecule has 3 aliphatic rings. The van der Waals surface area contributed by atoms with Gasteiger partial charge in [0.15, 0.2) is 5.78 Å². The van der Waals surface area contributed by atoms with Crippen LogP contribution >= 0.6 is 0 Å². The lowest BCUT2D eigenvalue weighted by Gasteiger charge is -2.23. The molecule has 2 N–H and O–H groups in total. The van der Waals surface area contributed by atoms with Crippen LogP contribution in [-0.4, -0.2) is 62.5 Å². The number of carboxylic acids is 1. The van der Waals surface area contributed by atoms with E-state index < -0.39 is 30.6 Å². The van der Waals surface area contributed by atoms with Crippen LogP contribution in [0.1, 0.15) is 52.0 Å². The van der Waals surface area contributed by atoms with Crippen molar-refractivity contribution in [2.45, 2.75) is 51.9 Å². The lowest BCUT2D eigenvalue weighted by molar-refractivity contribution is -0.134. The minimum absolute atomic E-state index is 0.330. The summed E-state index contributed by atoms with van der Waals surface area (Å²) in [5.41, 5.74) is 2.48. The molecule has 0 radical (unpaired) electrons. The quantitative estimate of drug-likeness (QED) is 0.119. The van der Waals surface area contributed by atoms with Gasteiger partial charge in [-0.25, -0.2) is 13.4 Å². The summed E-state index contributed by atoms with van der Waals surface area (Å²) in [6.07, 6.45) is 10.1. The van der Waals surface area contributed by atoms with Gasteiger partial charge in [0.25, 0.3) is 0 Å². The van der Waals surface area contributed by atoms with Crippen LogP contribution in [0.3, 0.4) is 0 Å². The van der Waals surface area contributed by atoms with E-state index in [2.05, 4.69) is 23.8 Å². The first-order chi connectivity index (χ1) is 18.5. The highest BCUT2D eigenvalue weighted by atomic mass is 19.2. The molecule has 0 aliphatic carbocycles. The molecule has 1 aromatic rings. The maximum atomic E-state index is 13.1. The molecule has 3 heterocycles. The molecule has 1 aromatic carbocycles. The first kappa shape index (κ1) is 30.2. The van der Waals surface area contributed by atoms with Gasteiger partial charge in [0, 0.05) is 42.6 Å². The van der Waals surface area contributed by atoms with Gasteiger partial charge in [-0.15, -0.1) is 0 Å². The predicted octanol–water partition coefficient (Wildman–Crippen LogP) is 5.07. The van der Waals surface area contributed by atoms with Crippen LogP contribution in [0.25, 0.3) is 0 Å². The van der Waals surface area contributed by atoms with Crippen molar-refractivity contribution in [1.82, 2.24) is 10.2 Å². The van der Waals surface area contributed by atoms with Crippen molar-refractivity contribution in [2.24, 2.45) is 0 Å². The zero-order chi connectivity index (χ0) is 28.6. The smallest absolute Gasteiger partial charge is 0.504 e. The van der Waals surface area contributed by atoms with Crippen molar-refractivity contribution >= 4 is 24.9 Å².